The lowest BCUT2D eigenvalue weighted by Gasteiger charge is -2.38. The maximum Gasteiger partial charge on any atom is 0.126 e. The predicted octanol–water partition coefficient (Wildman–Crippen LogP) is 5.97. The third-order valence-corrected chi connectivity index (χ3v) is 5.93. The molecule has 1 aliphatic carbocycles. The van der Waals surface area contributed by atoms with Crippen LogP contribution >= 0.6 is 0 Å². The summed E-state index contributed by atoms with van der Waals surface area (Å²) in [5, 5.41) is 9.60. The van der Waals surface area contributed by atoms with Gasteiger partial charge in [-0.15, -0.1) is 0 Å². The van der Waals surface area contributed by atoms with E-state index in [1.807, 2.05) is 24.3 Å². The molecule has 1 nitrogen and oxygen atoms in total. The van der Waals surface area contributed by atoms with E-state index < -0.39 is 5.82 Å². The largest absolute Gasteiger partial charge is 0.508 e. The molecule has 3 aromatic rings. The number of phenolic OH excluding ortho intramolecular Hbond substituents is 1. The van der Waals surface area contributed by atoms with E-state index in [9.17, 15) is 13.9 Å². The highest BCUT2D eigenvalue weighted by molar-refractivity contribution is 5.40. The molecule has 27 heavy (non-hydrogen) atoms. The van der Waals surface area contributed by atoms with E-state index in [1.54, 1.807) is 12.1 Å². The number of phenols is 1. The van der Waals surface area contributed by atoms with Crippen LogP contribution in [0.4, 0.5) is 8.78 Å². The van der Waals surface area contributed by atoms with Crippen molar-refractivity contribution in [3.05, 3.63) is 101 Å². The Hall–Kier alpha value is -2.68. The molecule has 0 saturated carbocycles. The van der Waals surface area contributed by atoms with Crippen molar-refractivity contribution >= 4 is 0 Å². The fourth-order valence-electron chi connectivity index (χ4n) is 4.44. The van der Waals surface area contributed by atoms with Gasteiger partial charge in [0.05, 0.1) is 0 Å². The lowest BCUT2D eigenvalue weighted by Crippen LogP contribution is -2.28. The first-order valence-corrected chi connectivity index (χ1v) is 9.33. The molecule has 0 amide bonds. The third-order valence-electron chi connectivity index (χ3n) is 5.93. The molecule has 1 aliphatic rings. The fourth-order valence-corrected chi connectivity index (χ4v) is 4.44. The highest BCUT2D eigenvalue weighted by Crippen LogP contribution is 2.46. The van der Waals surface area contributed by atoms with Gasteiger partial charge in [0.1, 0.15) is 17.4 Å². The number of rotatable bonds is 3. The topological polar surface area (TPSA) is 20.2 Å². The van der Waals surface area contributed by atoms with Gasteiger partial charge in [-0.3, -0.25) is 0 Å². The van der Waals surface area contributed by atoms with Crippen LogP contribution in [0.25, 0.3) is 0 Å². The van der Waals surface area contributed by atoms with Crippen molar-refractivity contribution < 1.29 is 13.9 Å². The van der Waals surface area contributed by atoms with E-state index in [1.165, 1.54) is 28.8 Å². The van der Waals surface area contributed by atoms with Crippen LogP contribution in [0.15, 0.2) is 66.7 Å². The van der Waals surface area contributed by atoms with Crippen LogP contribution in [0.1, 0.15) is 41.0 Å². The lowest BCUT2D eigenvalue weighted by atomic mass is 9.66. The van der Waals surface area contributed by atoms with Crippen LogP contribution in [0.3, 0.4) is 0 Å². The summed E-state index contributed by atoms with van der Waals surface area (Å²) >= 11 is 0. The smallest absolute Gasteiger partial charge is 0.126 e. The fraction of sp³-hybridized carbons (Fsp3) is 0.250. The molecule has 3 heteroatoms. The lowest BCUT2D eigenvalue weighted by molar-refractivity contribution is 0.346. The number of halogens is 2. The van der Waals surface area contributed by atoms with Crippen molar-refractivity contribution in [3.8, 4) is 5.75 Å². The van der Waals surface area contributed by atoms with Crippen LogP contribution in [0.2, 0.25) is 0 Å². The number of benzene rings is 3. The molecule has 0 saturated heterocycles. The second-order valence-corrected chi connectivity index (χ2v) is 7.51. The zero-order valence-corrected chi connectivity index (χ0v) is 15.2. The summed E-state index contributed by atoms with van der Waals surface area (Å²) in [6.45, 7) is 2.19. The summed E-state index contributed by atoms with van der Waals surface area (Å²) < 4.78 is 28.0. The third kappa shape index (κ3) is 3.46. The molecule has 0 bridgehead atoms. The van der Waals surface area contributed by atoms with Gasteiger partial charge >= 0.3 is 0 Å². The molecule has 3 aromatic carbocycles. The van der Waals surface area contributed by atoms with Crippen LogP contribution in [-0.2, 0) is 12.8 Å². The van der Waals surface area contributed by atoms with Gasteiger partial charge < -0.3 is 5.11 Å². The SMILES string of the molecule is CC1C(c2ccc(O)cc2)Cc2ccccc2C1Cc1cc(F)ccc1F. The summed E-state index contributed by atoms with van der Waals surface area (Å²) in [7, 11) is 0. The van der Waals surface area contributed by atoms with Crippen molar-refractivity contribution in [1.29, 1.82) is 0 Å². The number of fused-ring (bicyclic) bond motifs is 1. The van der Waals surface area contributed by atoms with Crippen LogP contribution in [-0.4, -0.2) is 5.11 Å². The molecular weight excluding hydrogens is 342 g/mol. The maximum absolute atomic E-state index is 14.3. The van der Waals surface area contributed by atoms with Crippen molar-refractivity contribution in [2.45, 2.75) is 31.6 Å². The molecule has 0 aliphatic heterocycles. The second-order valence-electron chi connectivity index (χ2n) is 7.51. The first-order chi connectivity index (χ1) is 13.0. The van der Waals surface area contributed by atoms with Crippen LogP contribution in [0, 0.1) is 17.6 Å². The number of hydrogen-bond acceptors (Lipinski definition) is 1. The second kappa shape index (κ2) is 7.15. The standard InChI is InChI=1S/C24H22F2O/c1-15-22(16-6-9-20(27)10-7-16)13-17-4-2-3-5-21(17)23(15)14-18-12-19(25)8-11-24(18)26/h2-12,15,22-23,27H,13-14H2,1H3. The van der Waals surface area contributed by atoms with Gasteiger partial charge in [-0.25, -0.2) is 8.78 Å². The average molecular weight is 364 g/mol. The average Bonchev–Trinajstić information content (AvgIpc) is 2.67. The van der Waals surface area contributed by atoms with Crippen LogP contribution in [0.5, 0.6) is 5.75 Å². The van der Waals surface area contributed by atoms with E-state index in [0.29, 0.717) is 12.0 Å². The minimum absolute atomic E-state index is 0.102. The Morgan fingerprint density at radius 1 is 0.963 bits per heavy atom. The first-order valence-electron chi connectivity index (χ1n) is 9.33. The molecule has 0 radical (unpaired) electrons. The molecule has 3 atom stereocenters. The molecule has 138 valence electrons. The summed E-state index contributed by atoms with van der Waals surface area (Å²) in [6, 6.07) is 19.3. The van der Waals surface area contributed by atoms with Gasteiger partial charge in [-0.1, -0.05) is 43.3 Å². The van der Waals surface area contributed by atoms with E-state index in [0.717, 1.165) is 12.5 Å². The van der Waals surface area contributed by atoms with Gasteiger partial charge in [0, 0.05) is 0 Å². The van der Waals surface area contributed by atoms with E-state index >= 15 is 0 Å². The zero-order valence-electron chi connectivity index (χ0n) is 15.2. The molecule has 1 N–H and O–H groups in total. The van der Waals surface area contributed by atoms with E-state index in [2.05, 4.69) is 19.1 Å². The predicted molar refractivity (Wildman–Crippen MR) is 103 cm³/mol. The van der Waals surface area contributed by atoms with E-state index in [-0.39, 0.29) is 29.3 Å². The van der Waals surface area contributed by atoms with E-state index in [4.69, 9.17) is 0 Å². The van der Waals surface area contributed by atoms with Gasteiger partial charge in [-0.05, 0) is 83.2 Å². The monoisotopic (exact) mass is 364 g/mol. The molecule has 0 spiro atoms. The summed E-state index contributed by atoms with van der Waals surface area (Å²) in [5.74, 6) is 0.117. The Bertz CT molecular complexity index is 949. The number of aromatic hydroxyl groups is 1. The molecule has 0 fully saturated rings. The van der Waals surface area contributed by atoms with Crippen molar-refractivity contribution in [2.75, 3.05) is 0 Å². The van der Waals surface area contributed by atoms with Gasteiger partial charge in [0.2, 0.25) is 0 Å². The first kappa shape index (κ1) is 17.7. The van der Waals surface area contributed by atoms with Crippen LogP contribution < -0.4 is 0 Å². The van der Waals surface area contributed by atoms with Gasteiger partial charge in [-0.2, -0.15) is 0 Å². The normalized spacial score (nSPS) is 21.7. The summed E-state index contributed by atoms with van der Waals surface area (Å²) in [5.41, 5.74) is 4.08. The highest BCUT2D eigenvalue weighted by atomic mass is 19.1. The Kier molecular flexibility index (Phi) is 4.69. The molecule has 3 unspecified atom stereocenters. The van der Waals surface area contributed by atoms with Crippen molar-refractivity contribution in [2.24, 2.45) is 5.92 Å². The van der Waals surface area contributed by atoms with Crippen molar-refractivity contribution in [3.63, 3.8) is 0 Å². The highest BCUT2D eigenvalue weighted by Gasteiger charge is 2.35. The molecule has 0 heterocycles. The quantitative estimate of drug-likeness (QED) is 0.607. The Morgan fingerprint density at radius 2 is 1.70 bits per heavy atom. The minimum atomic E-state index is -0.404. The Labute approximate surface area is 158 Å². The Morgan fingerprint density at radius 3 is 2.48 bits per heavy atom. The Balaban J connectivity index is 1.74. The maximum atomic E-state index is 14.3. The summed E-state index contributed by atoms with van der Waals surface area (Å²) in [6.07, 6.45) is 1.38. The number of hydrogen-bond donors (Lipinski definition) is 1. The molecular formula is C24H22F2O. The summed E-state index contributed by atoms with van der Waals surface area (Å²) in [4.78, 5) is 0. The molecule has 4 rings (SSSR count). The van der Waals surface area contributed by atoms with Crippen molar-refractivity contribution in [1.82, 2.24) is 0 Å². The van der Waals surface area contributed by atoms with Gasteiger partial charge in [0.25, 0.3) is 0 Å². The minimum Gasteiger partial charge on any atom is -0.508 e. The van der Waals surface area contributed by atoms with Gasteiger partial charge in [0.15, 0.2) is 0 Å². The molecule has 0 aromatic heterocycles. The zero-order chi connectivity index (χ0) is 19.0.